The molecule has 27 heavy (non-hydrogen) atoms. The number of carbonyl (C=O) groups is 2. The molecule has 0 bridgehead atoms. The molecule has 1 atom stereocenters. The normalized spacial score (nSPS) is 17.3. The van der Waals surface area contributed by atoms with Crippen LogP contribution in [-0.2, 0) is 11.2 Å². The van der Waals surface area contributed by atoms with Gasteiger partial charge in [-0.05, 0) is 30.5 Å². The standard InChI is InChI=1S/C20H23ClN2O3S/c1-20(2,3)19(26)23-10-4-5-15(23)17-22-14(16(27-17)18(24)25)11-12-6-8-13(21)9-7-12/h6-9,15H,4-5,10-11H2,1-3H3,(H,24,25). The van der Waals surface area contributed by atoms with Crippen molar-refractivity contribution in [3.05, 3.63) is 50.4 Å². The summed E-state index contributed by atoms with van der Waals surface area (Å²) in [6.45, 7) is 6.40. The van der Waals surface area contributed by atoms with E-state index in [-0.39, 0.29) is 16.8 Å². The zero-order valence-electron chi connectivity index (χ0n) is 15.7. The molecule has 144 valence electrons. The van der Waals surface area contributed by atoms with E-state index in [0.717, 1.165) is 18.4 Å². The molecule has 5 nitrogen and oxygen atoms in total. The zero-order chi connectivity index (χ0) is 19.8. The van der Waals surface area contributed by atoms with Gasteiger partial charge in [0.05, 0.1) is 11.7 Å². The smallest absolute Gasteiger partial charge is 0.347 e. The van der Waals surface area contributed by atoms with E-state index in [1.165, 1.54) is 11.3 Å². The van der Waals surface area contributed by atoms with Crippen LogP contribution in [0.3, 0.4) is 0 Å². The van der Waals surface area contributed by atoms with Crippen molar-refractivity contribution >= 4 is 34.8 Å². The topological polar surface area (TPSA) is 70.5 Å². The van der Waals surface area contributed by atoms with Gasteiger partial charge < -0.3 is 10.0 Å². The number of amides is 1. The number of hydrogen-bond acceptors (Lipinski definition) is 4. The first-order chi connectivity index (χ1) is 12.7. The average molecular weight is 407 g/mol. The van der Waals surface area contributed by atoms with Crippen molar-refractivity contribution in [1.82, 2.24) is 9.88 Å². The molecule has 1 aliphatic rings. The van der Waals surface area contributed by atoms with Crippen LogP contribution in [0.15, 0.2) is 24.3 Å². The van der Waals surface area contributed by atoms with Crippen LogP contribution in [0.25, 0.3) is 0 Å². The second-order valence-electron chi connectivity index (χ2n) is 7.84. The lowest BCUT2D eigenvalue weighted by molar-refractivity contribution is -0.140. The highest BCUT2D eigenvalue weighted by Gasteiger charge is 2.37. The number of nitrogens with zero attached hydrogens (tertiary/aromatic N) is 2. The van der Waals surface area contributed by atoms with Gasteiger partial charge in [0.2, 0.25) is 5.91 Å². The number of carboxylic acids is 1. The summed E-state index contributed by atoms with van der Waals surface area (Å²) in [7, 11) is 0. The molecule has 1 fully saturated rings. The van der Waals surface area contributed by atoms with E-state index in [2.05, 4.69) is 4.98 Å². The molecule has 0 radical (unpaired) electrons. The summed E-state index contributed by atoms with van der Waals surface area (Å²) in [5.74, 6) is -0.897. The first-order valence-corrected chi connectivity index (χ1v) is 10.1. The lowest BCUT2D eigenvalue weighted by Crippen LogP contribution is -2.38. The van der Waals surface area contributed by atoms with Gasteiger partial charge in [0.15, 0.2) is 0 Å². The molecule has 1 saturated heterocycles. The Morgan fingerprint density at radius 1 is 1.30 bits per heavy atom. The Morgan fingerprint density at radius 3 is 2.56 bits per heavy atom. The lowest BCUT2D eigenvalue weighted by atomic mass is 9.94. The number of aromatic nitrogens is 1. The molecule has 1 unspecified atom stereocenters. The van der Waals surface area contributed by atoms with Gasteiger partial charge >= 0.3 is 5.97 Å². The molecule has 0 spiro atoms. The van der Waals surface area contributed by atoms with Crippen LogP contribution in [0, 0.1) is 5.41 Å². The summed E-state index contributed by atoms with van der Waals surface area (Å²) in [5.41, 5.74) is 1.02. The molecule has 1 aromatic carbocycles. The fourth-order valence-corrected chi connectivity index (χ4v) is 4.49. The summed E-state index contributed by atoms with van der Waals surface area (Å²) in [5, 5.41) is 11.0. The second kappa shape index (κ2) is 7.60. The number of aromatic carboxylic acids is 1. The van der Waals surface area contributed by atoms with E-state index in [1.54, 1.807) is 12.1 Å². The van der Waals surface area contributed by atoms with Crippen molar-refractivity contribution < 1.29 is 14.7 Å². The molecule has 7 heteroatoms. The predicted molar refractivity (Wildman–Crippen MR) is 106 cm³/mol. The molecule has 0 aliphatic carbocycles. The number of likely N-dealkylation sites (tertiary alicyclic amines) is 1. The van der Waals surface area contributed by atoms with Crippen LogP contribution in [0.4, 0.5) is 0 Å². The Balaban J connectivity index is 1.91. The third kappa shape index (κ3) is 4.33. The van der Waals surface area contributed by atoms with Gasteiger partial charge in [-0.15, -0.1) is 11.3 Å². The van der Waals surface area contributed by atoms with Crippen molar-refractivity contribution in [2.24, 2.45) is 5.41 Å². The Labute approximate surface area is 168 Å². The Morgan fingerprint density at radius 2 is 1.96 bits per heavy atom. The van der Waals surface area contributed by atoms with Gasteiger partial charge in [-0.3, -0.25) is 4.79 Å². The van der Waals surface area contributed by atoms with E-state index in [0.29, 0.717) is 28.7 Å². The second-order valence-corrected chi connectivity index (χ2v) is 9.31. The zero-order valence-corrected chi connectivity index (χ0v) is 17.2. The quantitative estimate of drug-likeness (QED) is 0.791. The van der Waals surface area contributed by atoms with Crippen LogP contribution >= 0.6 is 22.9 Å². The fraction of sp³-hybridized carbons (Fsp3) is 0.450. The molecule has 1 amide bonds. The third-order valence-corrected chi connectivity index (χ3v) is 6.07. The van der Waals surface area contributed by atoms with Crippen LogP contribution in [-0.4, -0.2) is 33.4 Å². The summed E-state index contributed by atoms with van der Waals surface area (Å²) in [4.78, 5) is 31.3. The summed E-state index contributed by atoms with van der Waals surface area (Å²) in [6.07, 6.45) is 2.14. The fourth-order valence-electron chi connectivity index (χ4n) is 3.29. The number of halogens is 1. The number of thiazole rings is 1. The van der Waals surface area contributed by atoms with Crippen LogP contribution in [0.2, 0.25) is 5.02 Å². The SMILES string of the molecule is CC(C)(C)C(=O)N1CCCC1c1nc(Cc2ccc(Cl)cc2)c(C(=O)O)s1. The van der Waals surface area contributed by atoms with Crippen molar-refractivity contribution in [2.45, 2.75) is 46.1 Å². The van der Waals surface area contributed by atoms with E-state index in [1.807, 2.05) is 37.8 Å². The monoisotopic (exact) mass is 406 g/mol. The number of rotatable bonds is 4. The largest absolute Gasteiger partial charge is 0.477 e. The summed E-state index contributed by atoms with van der Waals surface area (Å²) in [6, 6.07) is 7.17. The Bertz CT molecular complexity index is 855. The molecular formula is C20H23ClN2O3S. The summed E-state index contributed by atoms with van der Waals surface area (Å²) < 4.78 is 0. The molecule has 1 N–H and O–H groups in total. The Hall–Kier alpha value is -1.92. The van der Waals surface area contributed by atoms with Crippen molar-refractivity contribution in [3.63, 3.8) is 0 Å². The van der Waals surface area contributed by atoms with Crippen LogP contribution in [0.5, 0.6) is 0 Å². The van der Waals surface area contributed by atoms with Gasteiger partial charge in [-0.2, -0.15) is 0 Å². The van der Waals surface area contributed by atoms with Crippen LogP contribution < -0.4 is 0 Å². The average Bonchev–Trinajstić information content (AvgIpc) is 3.22. The number of carboxylic acid groups (broad SMARTS) is 1. The first kappa shape index (κ1) is 19.8. The van der Waals surface area contributed by atoms with Crippen molar-refractivity contribution in [2.75, 3.05) is 6.54 Å². The highest BCUT2D eigenvalue weighted by atomic mass is 35.5. The molecule has 1 aromatic heterocycles. The maximum atomic E-state index is 12.8. The van der Waals surface area contributed by atoms with E-state index < -0.39 is 11.4 Å². The first-order valence-electron chi connectivity index (χ1n) is 8.95. The highest BCUT2D eigenvalue weighted by Crippen LogP contribution is 2.38. The number of hydrogen-bond donors (Lipinski definition) is 1. The maximum absolute atomic E-state index is 12.8. The van der Waals surface area contributed by atoms with Gasteiger partial charge in [-0.1, -0.05) is 44.5 Å². The van der Waals surface area contributed by atoms with Crippen LogP contribution in [0.1, 0.15) is 65.6 Å². The van der Waals surface area contributed by atoms with E-state index >= 15 is 0 Å². The van der Waals surface area contributed by atoms with E-state index in [9.17, 15) is 14.7 Å². The number of carbonyl (C=O) groups excluding carboxylic acids is 1. The molecule has 1 aliphatic heterocycles. The maximum Gasteiger partial charge on any atom is 0.347 e. The summed E-state index contributed by atoms with van der Waals surface area (Å²) >= 11 is 7.11. The minimum Gasteiger partial charge on any atom is -0.477 e. The molecule has 2 aromatic rings. The van der Waals surface area contributed by atoms with Gasteiger partial charge in [-0.25, -0.2) is 9.78 Å². The Kier molecular flexibility index (Phi) is 5.58. The molecule has 2 heterocycles. The van der Waals surface area contributed by atoms with Gasteiger partial charge in [0.25, 0.3) is 0 Å². The number of benzene rings is 1. The van der Waals surface area contributed by atoms with E-state index in [4.69, 9.17) is 11.6 Å². The van der Waals surface area contributed by atoms with Crippen molar-refractivity contribution in [3.8, 4) is 0 Å². The van der Waals surface area contributed by atoms with Gasteiger partial charge in [0, 0.05) is 23.4 Å². The minimum absolute atomic E-state index is 0.0799. The minimum atomic E-state index is -0.977. The predicted octanol–water partition coefficient (Wildman–Crippen LogP) is 4.80. The molecule has 3 rings (SSSR count). The molecular weight excluding hydrogens is 384 g/mol. The van der Waals surface area contributed by atoms with Crippen molar-refractivity contribution in [1.29, 1.82) is 0 Å². The highest BCUT2D eigenvalue weighted by molar-refractivity contribution is 7.13. The molecule has 0 saturated carbocycles. The van der Waals surface area contributed by atoms with Gasteiger partial charge in [0.1, 0.15) is 9.88 Å². The third-order valence-electron chi connectivity index (χ3n) is 4.63. The lowest BCUT2D eigenvalue weighted by Gasteiger charge is -2.29.